The highest BCUT2D eigenvalue weighted by Gasteiger charge is 1.35. The van der Waals surface area contributed by atoms with Crippen molar-refractivity contribution in [2.45, 2.75) is 27.2 Å². The first-order valence-corrected chi connectivity index (χ1v) is 2.20. The SMILES string of the molecule is C#CC.CCC.[HH].[HH]. The molecule has 0 heteroatoms. The van der Waals surface area contributed by atoms with Gasteiger partial charge in [-0.3, -0.25) is 0 Å². The van der Waals surface area contributed by atoms with Crippen LogP contribution in [0.15, 0.2) is 0 Å². The average Bonchev–Trinajstić information content (AvgIpc) is 1.39. The topological polar surface area (TPSA) is 0 Å². The molecule has 0 N–H and O–H groups in total. The Labute approximate surface area is 43.5 Å². The maximum Gasteiger partial charge on any atom is 0 e. The van der Waals surface area contributed by atoms with Gasteiger partial charge in [-0.2, -0.15) is 0 Å². The summed E-state index contributed by atoms with van der Waals surface area (Å²) in [6, 6.07) is 0. The maximum atomic E-state index is 4.60. The van der Waals surface area contributed by atoms with Crippen molar-refractivity contribution in [1.82, 2.24) is 0 Å². The zero-order chi connectivity index (χ0) is 5.41. The van der Waals surface area contributed by atoms with Crippen LogP contribution < -0.4 is 0 Å². The molecule has 0 aliphatic heterocycles. The molecule has 0 heterocycles. The van der Waals surface area contributed by atoms with E-state index in [1.807, 2.05) is 0 Å². The highest BCUT2D eigenvalue weighted by atomic mass is 13.4. The molecule has 0 nitrogen and oxygen atoms in total. The standard InChI is InChI=1S/C3H8.C3H4.2H2/c2*1-3-2;;/h3H2,1-2H3;1H,2H3;2*1H. The lowest BCUT2D eigenvalue weighted by atomic mass is 10.6. The maximum absolute atomic E-state index is 4.60. The summed E-state index contributed by atoms with van der Waals surface area (Å²) in [7, 11) is 0. The molecule has 0 rings (SSSR count). The summed E-state index contributed by atoms with van der Waals surface area (Å²) in [4.78, 5) is 0. The van der Waals surface area contributed by atoms with E-state index in [0.29, 0.717) is 0 Å². The van der Waals surface area contributed by atoms with Crippen molar-refractivity contribution in [3.05, 3.63) is 0 Å². The molecule has 0 aromatic heterocycles. The molecule has 0 saturated carbocycles. The van der Waals surface area contributed by atoms with Gasteiger partial charge < -0.3 is 0 Å². The average molecular weight is 88.2 g/mol. The molecular formula is C6H16. The molecule has 0 aromatic rings. The Morgan fingerprint density at radius 3 is 1.67 bits per heavy atom. The zero-order valence-electron chi connectivity index (χ0n) is 4.78. The number of terminal acetylenes is 1. The van der Waals surface area contributed by atoms with Crippen LogP contribution >= 0.6 is 0 Å². The van der Waals surface area contributed by atoms with E-state index in [1.54, 1.807) is 6.92 Å². The minimum absolute atomic E-state index is 0. The van der Waals surface area contributed by atoms with Gasteiger partial charge >= 0.3 is 0 Å². The largest absolute Gasteiger partial charge is 0.120 e. The van der Waals surface area contributed by atoms with Crippen LogP contribution in [0.1, 0.15) is 30.0 Å². The summed E-state index contributed by atoms with van der Waals surface area (Å²) in [5.41, 5.74) is 0. The van der Waals surface area contributed by atoms with E-state index in [0.717, 1.165) is 0 Å². The summed E-state index contributed by atoms with van der Waals surface area (Å²) in [5.74, 6) is 2.25. The Morgan fingerprint density at radius 2 is 1.67 bits per heavy atom. The Morgan fingerprint density at radius 1 is 1.67 bits per heavy atom. The van der Waals surface area contributed by atoms with Crippen molar-refractivity contribution in [2.24, 2.45) is 0 Å². The highest BCUT2D eigenvalue weighted by Crippen LogP contribution is 1.56. The highest BCUT2D eigenvalue weighted by molar-refractivity contribution is 4.73. The van der Waals surface area contributed by atoms with Gasteiger partial charge in [0, 0.05) is 2.85 Å². The molecule has 0 unspecified atom stereocenters. The van der Waals surface area contributed by atoms with Gasteiger partial charge in [-0.25, -0.2) is 0 Å². The predicted molar refractivity (Wildman–Crippen MR) is 34.7 cm³/mol. The number of hydrogen-bond donors (Lipinski definition) is 0. The van der Waals surface area contributed by atoms with Crippen molar-refractivity contribution >= 4 is 0 Å². The molecular weight excluding hydrogens is 72.1 g/mol. The summed E-state index contributed by atoms with van der Waals surface area (Å²) in [5, 5.41) is 0. The first kappa shape index (κ1) is 9.12. The molecule has 0 saturated heterocycles. The Bertz CT molecular complexity index is 36.3. The van der Waals surface area contributed by atoms with Gasteiger partial charge in [-0.05, 0) is 6.92 Å². The van der Waals surface area contributed by atoms with Crippen molar-refractivity contribution in [3.63, 3.8) is 0 Å². The fourth-order valence-corrected chi connectivity index (χ4v) is 0. The third-order valence-electron chi connectivity index (χ3n) is 0. The van der Waals surface area contributed by atoms with Crippen LogP contribution in [-0.2, 0) is 0 Å². The van der Waals surface area contributed by atoms with Crippen LogP contribution in [0.5, 0.6) is 0 Å². The van der Waals surface area contributed by atoms with Gasteiger partial charge in [0.1, 0.15) is 0 Å². The summed E-state index contributed by atoms with van der Waals surface area (Å²) < 4.78 is 0. The van der Waals surface area contributed by atoms with E-state index in [1.165, 1.54) is 6.42 Å². The van der Waals surface area contributed by atoms with E-state index in [-0.39, 0.29) is 2.85 Å². The lowest BCUT2D eigenvalue weighted by molar-refractivity contribution is 1.09. The molecule has 0 amide bonds. The van der Waals surface area contributed by atoms with E-state index >= 15 is 0 Å². The first-order valence-electron chi connectivity index (χ1n) is 2.20. The number of rotatable bonds is 0. The minimum atomic E-state index is 0. The van der Waals surface area contributed by atoms with Crippen LogP contribution in [0.4, 0.5) is 0 Å². The van der Waals surface area contributed by atoms with Crippen molar-refractivity contribution < 1.29 is 2.85 Å². The molecule has 0 aliphatic carbocycles. The fourth-order valence-electron chi connectivity index (χ4n) is 0. The summed E-state index contributed by atoms with van der Waals surface area (Å²) in [6.07, 6.45) is 5.85. The predicted octanol–water partition coefficient (Wildman–Crippen LogP) is 2.55. The van der Waals surface area contributed by atoms with Gasteiger partial charge in [0.15, 0.2) is 0 Å². The Balaban J connectivity index is -0.0000000160. The van der Waals surface area contributed by atoms with E-state index < -0.39 is 0 Å². The zero-order valence-corrected chi connectivity index (χ0v) is 4.78. The monoisotopic (exact) mass is 88.1 g/mol. The molecule has 6 heavy (non-hydrogen) atoms. The van der Waals surface area contributed by atoms with Crippen molar-refractivity contribution in [2.75, 3.05) is 0 Å². The van der Waals surface area contributed by atoms with Crippen LogP contribution in [0.2, 0.25) is 0 Å². The summed E-state index contributed by atoms with van der Waals surface area (Å²) in [6.45, 7) is 5.90. The van der Waals surface area contributed by atoms with Crippen molar-refractivity contribution in [1.29, 1.82) is 0 Å². The molecule has 0 aliphatic rings. The number of hydrogen-bond acceptors (Lipinski definition) is 0. The second-order valence-corrected chi connectivity index (χ2v) is 0.996. The van der Waals surface area contributed by atoms with E-state index in [2.05, 4.69) is 26.2 Å². The van der Waals surface area contributed by atoms with Gasteiger partial charge in [0.2, 0.25) is 0 Å². The lowest BCUT2D eigenvalue weighted by Crippen LogP contribution is -1.27. The fraction of sp³-hybridized carbons (Fsp3) is 0.667. The second kappa shape index (κ2) is 23.7. The molecule has 0 fully saturated rings. The van der Waals surface area contributed by atoms with Crippen LogP contribution in [0.3, 0.4) is 0 Å². The Kier molecular flexibility index (Phi) is 36.1. The molecule has 40 valence electrons. The third kappa shape index (κ3) is 121. The van der Waals surface area contributed by atoms with Crippen molar-refractivity contribution in [3.8, 4) is 12.3 Å². The second-order valence-electron chi connectivity index (χ2n) is 0.996. The smallest absolute Gasteiger partial charge is 0 e. The van der Waals surface area contributed by atoms with E-state index in [4.69, 9.17) is 0 Å². The lowest BCUT2D eigenvalue weighted by Gasteiger charge is -1.48. The van der Waals surface area contributed by atoms with Crippen LogP contribution in [0.25, 0.3) is 0 Å². The quantitative estimate of drug-likeness (QED) is 0.399. The molecule has 0 aromatic carbocycles. The normalized spacial score (nSPS) is 4.33. The van der Waals surface area contributed by atoms with E-state index in [9.17, 15) is 0 Å². The van der Waals surface area contributed by atoms with Gasteiger partial charge in [0.25, 0.3) is 0 Å². The van der Waals surface area contributed by atoms with Crippen LogP contribution in [0, 0.1) is 12.3 Å². The van der Waals surface area contributed by atoms with Gasteiger partial charge in [-0.15, -0.1) is 12.3 Å². The molecule has 0 atom stereocenters. The third-order valence-corrected chi connectivity index (χ3v) is 0. The first-order chi connectivity index (χ1) is 2.83. The Hall–Kier alpha value is -0.440. The molecule has 0 spiro atoms. The van der Waals surface area contributed by atoms with Gasteiger partial charge in [-0.1, -0.05) is 20.3 Å². The summed E-state index contributed by atoms with van der Waals surface area (Å²) >= 11 is 0. The van der Waals surface area contributed by atoms with Crippen LogP contribution in [-0.4, -0.2) is 0 Å². The minimum Gasteiger partial charge on any atom is -0.120 e. The molecule has 0 bridgehead atoms. The molecule has 0 radical (unpaired) electrons. The van der Waals surface area contributed by atoms with Gasteiger partial charge in [0.05, 0.1) is 0 Å².